The molecule has 1 heterocycles. The normalized spacial score (nSPS) is 14.9. The number of benzene rings is 1. The van der Waals surface area contributed by atoms with E-state index in [-0.39, 0.29) is 6.09 Å². The van der Waals surface area contributed by atoms with Gasteiger partial charge in [-0.2, -0.15) is 0 Å². The van der Waals surface area contributed by atoms with Crippen LogP contribution in [-0.4, -0.2) is 93.3 Å². The van der Waals surface area contributed by atoms with E-state index in [9.17, 15) is 4.79 Å². The van der Waals surface area contributed by atoms with Crippen LogP contribution < -0.4 is 10.1 Å². The number of amides is 1. The smallest absolute Gasteiger partial charge is 0.409 e. The summed E-state index contributed by atoms with van der Waals surface area (Å²) in [7, 11) is 4.06. The van der Waals surface area contributed by atoms with E-state index >= 15 is 0 Å². The van der Waals surface area contributed by atoms with Gasteiger partial charge in [-0.25, -0.2) is 9.79 Å². The van der Waals surface area contributed by atoms with Crippen molar-refractivity contribution >= 4 is 12.1 Å². The second-order valence-corrected chi connectivity index (χ2v) is 7.10. The Morgan fingerprint density at radius 2 is 1.83 bits per heavy atom. The predicted octanol–water partition coefficient (Wildman–Crippen LogP) is 1.87. The van der Waals surface area contributed by atoms with E-state index in [2.05, 4.69) is 28.1 Å². The van der Waals surface area contributed by atoms with Gasteiger partial charge in [-0.05, 0) is 34.0 Å². The summed E-state index contributed by atoms with van der Waals surface area (Å²) in [5.41, 5.74) is 1.06. The summed E-state index contributed by atoms with van der Waals surface area (Å²) in [6.07, 6.45) is -0.238. The third-order valence-corrected chi connectivity index (χ3v) is 4.61. The molecule has 0 radical (unpaired) electrons. The zero-order valence-electron chi connectivity index (χ0n) is 18.2. The first-order chi connectivity index (χ1) is 14.0. The van der Waals surface area contributed by atoms with E-state index < -0.39 is 0 Å². The molecule has 0 saturated carbocycles. The van der Waals surface area contributed by atoms with E-state index in [1.165, 1.54) is 0 Å². The number of ether oxygens (including phenoxy) is 2. The molecule has 1 aromatic rings. The summed E-state index contributed by atoms with van der Waals surface area (Å²) in [5, 5.41) is 3.36. The van der Waals surface area contributed by atoms with Crippen molar-refractivity contribution in [1.82, 2.24) is 20.0 Å². The van der Waals surface area contributed by atoms with Crippen molar-refractivity contribution in [3.05, 3.63) is 29.8 Å². The largest absolute Gasteiger partial charge is 0.492 e. The topological polar surface area (TPSA) is 69.6 Å². The second-order valence-electron chi connectivity index (χ2n) is 7.10. The fourth-order valence-electron chi connectivity index (χ4n) is 3.01. The van der Waals surface area contributed by atoms with E-state index in [0.29, 0.717) is 32.8 Å². The lowest BCUT2D eigenvalue weighted by Crippen LogP contribution is -2.53. The van der Waals surface area contributed by atoms with Gasteiger partial charge in [0.05, 0.1) is 13.2 Å². The SMILES string of the molecule is CCNC(=NCc1ccccc1OCCN(C)C)N1CCN(C(=O)OCC)CC1. The highest BCUT2D eigenvalue weighted by molar-refractivity contribution is 5.80. The molecular formula is C21H35N5O3. The van der Waals surface area contributed by atoms with Crippen LogP contribution in [0.5, 0.6) is 5.75 Å². The third-order valence-electron chi connectivity index (χ3n) is 4.61. The van der Waals surface area contributed by atoms with Gasteiger partial charge in [-0.15, -0.1) is 0 Å². The van der Waals surface area contributed by atoms with Gasteiger partial charge in [-0.3, -0.25) is 0 Å². The molecule has 1 fully saturated rings. The molecule has 162 valence electrons. The number of likely N-dealkylation sites (N-methyl/N-ethyl adjacent to an activating group) is 1. The molecule has 1 aliphatic heterocycles. The Morgan fingerprint density at radius 3 is 2.48 bits per heavy atom. The van der Waals surface area contributed by atoms with Gasteiger partial charge in [0.15, 0.2) is 5.96 Å². The molecule has 1 amide bonds. The molecule has 0 spiro atoms. The molecular weight excluding hydrogens is 370 g/mol. The maximum atomic E-state index is 11.9. The van der Waals surface area contributed by atoms with Crippen LogP contribution in [0.4, 0.5) is 4.79 Å². The van der Waals surface area contributed by atoms with Crippen LogP contribution in [-0.2, 0) is 11.3 Å². The van der Waals surface area contributed by atoms with Crippen LogP contribution in [0.25, 0.3) is 0 Å². The number of aliphatic imine (C=N–C) groups is 1. The van der Waals surface area contributed by atoms with Crippen molar-refractivity contribution in [3.8, 4) is 5.75 Å². The summed E-state index contributed by atoms with van der Waals surface area (Å²) < 4.78 is 11.0. The molecule has 29 heavy (non-hydrogen) atoms. The second kappa shape index (κ2) is 12.2. The molecule has 8 heteroatoms. The Labute approximate surface area is 174 Å². The standard InChI is InChI=1S/C21H35N5O3/c1-5-22-20(25-11-13-26(14-12-25)21(27)28-6-2)23-17-18-9-7-8-10-19(18)29-16-15-24(3)4/h7-10H,5-6,11-17H2,1-4H3,(H,22,23). The Hall–Kier alpha value is -2.48. The van der Waals surface area contributed by atoms with E-state index in [1.54, 1.807) is 4.90 Å². The summed E-state index contributed by atoms with van der Waals surface area (Å²) >= 11 is 0. The first-order valence-corrected chi connectivity index (χ1v) is 10.4. The Balaban J connectivity index is 1.98. The fourth-order valence-corrected chi connectivity index (χ4v) is 3.01. The van der Waals surface area contributed by atoms with E-state index in [4.69, 9.17) is 14.5 Å². The number of guanidine groups is 1. The third kappa shape index (κ3) is 7.45. The van der Waals surface area contributed by atoms with Gasteiger partial charge < -0.3 is 29.5 Å². The van der Waals surface area contributed by atoms with Gasteiger partial charge in [0.1, 0.15) is 12.4 Å². The van der Waals surface area contributed by atoms with Gasteiger partial charge in [0, 0.05) is 44.8 Å². The zero-order chi connectivity index (χ0) is 21.1. The van der Waals surface area contributed by atoms with Crippen LogP contribution in [0.3, 0.4) is 0 Å². The highest BCUT2D eigenvalue weighted by Crippen LogP contribution is 2.19. The monoisotopic (exact) mass is 405 g/mol. The number of carbonyl (C=O) groups excluding carboxylic acids is 1. The summed E-state index contributed by atoms with van der Waals surface area (Å²) in [4.78, 5) is 22.8. The molecule has 1 saturated heterocycles. The maximum Gasteiger partial charge on any atom is 0.409 e. The summed E-state index contributed by atoms with van der Waals surface area (Å²) in [6.45, 7) is 9.84. The first-order valence-electron chi connectivity index (χ1n) is 10.4. The van der Waals surface area contributed by atoms with Gasteiger partial charge >= 0.3 is 6.09 Å². The molecule has 0 bridgehead atoms. The number of hydrogen-bond donors (Lipinski definition) is 1. The molecule has 0 unspecified atom stereocenters. The van der Waals surface area contributed by atoms with Crippen LogP contribution in [0.1, 0.15) is 19.4 Å². The van der Waals surface area contributed by atoms with Crippen LogP contribution in [0.2, 0.25) is 0 Å². The summed E-state index contributed by atoms with van der Waals surface area (Å²) in [5.74, 6) is 1.74. The number of carbonyl (C=O) groups is 1. The molecule has 0 atom stereocenters. The molecule has 2 rings (SSSR count). The Bertz CT molecular complexity index is 657. The lowest BCUT2D eigenvalue weighted by atomic mass is 10.2. The van der Waals surface area contributed by atoms with Crippen LogP contribution in [0, 0.1) is 0 Å². The van der Waals surface area contributed by atoms with Crippen molar-refractivity contribution in [2.75, 3.05) is 66.6 Å². The Morgan fingerprint density at radius 1 is 1.14 bits per heavy atom. The minimum Gasteiger partial charge on any atom is -0.492 e. The zero-order valence-corrected chi connectivity index (χ0v) is 18.2. The molecule has 1 N–H and O–H groups in total. The Kier molecular flexibility index (Phi) is 9.56. The van der Waals surface area contributed by atoms with Crippen molar-refractivity contribution < 1.29 is 14.3 Å². The van der Waals surface area contributed by atoms with Crippen molar-refractivity contribution in [1.29, 1.82) is 0 Å². The number of piperazine rings is 1. The molecule has 1 aliphatic rings. The average Bonchev–Trinajstić information content (AvgIpc) is 2.72. The highest BCUT2D eigenvalue weighted by atomic mass is 16.6. The average molecular weight is 406 g/mol. The minimum atomic E-state index is -0.238. The van der Waals surface area contributed by atoms with Crippen molar-refractivity contribution in [2.45, 2.75) is 20.4 Å². The lowest BCUT2D eigenvalue weighted by Gasteiger charge is -2.35. The van der Waals surface area contributed by atoms with Crippen molar-refractivity contribution in [2.24, 2.45) is 4.99 Å². The maximum absolute atomic E-state index is 11.9. The van der Waals surface area contributed by atoms with Crippen LogP contribution >= 0.6 is 0 Å². The molecule has 1 aromatic carbocycles. The van der Waals surface area contributed by atoms with E-state index in [0.717, 1.165) is 43.5 Å². The molecule has 0 aromatic heterocycles. The first kappa shape index (κ1) is 22.8. The van der Waals surface area contributed by atoms with Gasteiger partial charge in [-0.1, -0.05) is 18.2 Å². The van der Waals surface area contributed by atoms with Gasteiger partial charge in [0.2, 0.25) is 0 Å². The van der Waals surface area contributed by atoms with Crippen molar-refractivity contribution in [3.63, 3.8) is 0 Å². The number of nitrogens with zero attached hydrogens (tertiary/aromatic N) is 4. The minimum absolute atomic E-state index is 0.238. The molecule has 0 aliphatic carbocycles. The predicted molar refractivity (Wildman–Crippen MR) is 115 cm³/mol. The number of hydrogen-bond acceptors (Lipinski definition) is 5. The summed E-state index contributed by atoms with van der Waals surface area (Å²) in [6, 6.07) is 8.04. The van der Waals surface area contributed by atoms with Crippen LogP contribution in [0.15, 0.2) is 29.3 Å². The molecule has 8 nitrogen and oxygen atoms in total. The number of nitrogens with one attached hydrogen (secondary N) is 1. The number of rotatable bonds is 8. The van der Waals surface area contributed by atoms with Gasteiger partial charge in [0.25, 0.3) is 0 Å². The number of para-hydroxylation sites is 1. The van der Waals surface area contributed by atoms with E-state index in [1.807, 2.05) is 39.2 Å². The highest BCUT2D eigenvalue weighted by Gasteiger charge is 2.23. The quantitative estimate of drug-likeness (QED) is 0.526. The fraction of sp³-hybridized carbons (Fsp3) is 0.619. The lowest BCUT2D eigenvalue weighted by molar-refractivity contribution is 0.0914.